The summed E-state index contributed by atoms with van der Waals surface area (Å²) >= 11 is 1.97. The van der Waals surface area contributed by atoms with Gasteiger partial charge < -0.3 is 9.47 Å². The topological polar surface area (TPSA) is 35.5 Å². The van der Waals surface area contributed by atoms with Crippen molar-refractivity contribution in [3.63, 3.8) is 0 Å². The average Bonchev–Trinajstić information content (AvgIpc) is 2.05. The van der Waals surface area contributed by atoms with Crippen LogP contribution in [0.2, 0.25) is 0 Å². The normalized spacial score (nSPS) is 10.2. The van der Waals surface area contributed by atoms with Gasteiger partial charge in [0, 0.05) is 0 Å². The van der Waals surface area contributed by atoms with Crippen LogP contribution in [0.1, 0.15) is 39.5 Å². The van der Waals surface area contributed by atoms with Gasteiger partial charge in [0.25, 0.3) is 0 Å². The van der Waals surface area contributed by atoms with Crippen molar-refractivity contribution in [1.29, 1.82) is 0 Å². The van der Waals surface area contributed by atoms with E-state index in [-0.39, 0.29) is 6.10 Å². The van der Waals surface area contributed by atoms with E-state index in [0.717, 1.165) is 25.7 Å². The van der Waals surface area contributed by atoms with Gasteiger partial charge in [-0.2, -0.15) is 0 Å². The molecule has 4 heteroatoms. The average molecular weight is 300 g/mol. The van der Waals surface area contributed by atoms with Crippen molar-refractivity contribution in [2.24, 2.45) is 0 Å². The molecule has 0 aliphatic heterocycles. The smallest absolute Gasteiger partial charge is 0.431 e. The van der Waals surface area contributed by atoms with E-state index in [1.54, 1.807) is 0 Å². The maximum atomic E-state index is 11.0. The predicted molar refractivity (Wildman–Crippen MR) is 60.1 cm³/mol. The fourth-order valence-electron chi connectivity index (χ4n) is 1.12. The first-order valence-electron chi connectivity index (χ1n) is 4.63. The molecule has 0 aliphatic rings. The zero-order chi connectivity index (χ0) is 10.1. The molecule has 13 heavy (non-hydrogen) atoms. The Morgan fingerprint density at radius 1 is 1.31 bits per heavy atom. The van der Waals surface area contributed by atoms with Crippen LogP contribution in [-0.4, -0.2) is 16.9 Å². The lowest BCUT2D eigenvalue weighted by molar-refractivity contribution is 0.0287. The van der Waals surface area contributed by atoms with Crippen molar-refractivity contribution in [3.05, 3.63) is 0 Å². The minimum absolute atomic E-state index is 0.0328. The Bertz CT molecular complexity index is 133. The standard InChI is InChI=1S/C9H17IO3/c1-3-5-8(6-4-2)13-9(11)12-7-10/h8H,3-7H2,1-2H3. The predicted octanol–water partition coefficient (Wildman–Crippen LogP) is 3.50. The molecule has 0 aliphatic carbocycles. The second-order valence-corrected chi connectivity index (χ2v) is 3.44. The Balaban J connectivity index is 3.71. The Morgan fingerprint density at radius 2 is 1.85 bits per heavy atom. The number of hydrogen-bond acceptors (Lipinski definition) is 3. The number of carbonyl (C=O) groups is 1. The molecule has 0 amide bonds. The summed E-state index contributed by atoms with van der Waals surface area (Å²) in [6.45, 7) is 4.16. The van der Waals surface area contributed by atoms with Crippen LogP contribution in [-0.2, 0) is 9.47 Å². The highest BCUT2D eigenvalue weighted by molar-refractivity contribution is 14.1. The van der Waals surface area contributed by atoms with Crippen LogP contribution >= 0.6 is 22.6 Å². The molecular weight excluding hydrogens is 283 g/mol. The van der Waals surface area contributed by atoms with Gasteiger partial charge in [0.2, 0.25) is 0 Å². The zero-order valence-electron chi connectivity index (χ0n) is 8.22. The first-order chi connectivity index (χ1) is 6.24. The second kappa shape index (κ2) is 8.59. The summed E-state index contributed by atoms with van der Waals surface area (Å²) in [4.78, 5) is 11.0. The number of halogens is 1. The van der Waals surface area contributed by atoms with E-state index >= 15 is 0 Å². The van der Waals surface area contributed by atoms with E-state index in [1.165, 1.54) is 0 Å². The summed E-state index contributed by atoms with van der Waals surface area (Å²) in [5.41, 5.74) is 0. The minimum atomic E-state index is -0.540. The third-order valence-electron chi connectivity index (χ3n) is 1.66. The lowest BCUT2D eigenvalue weighted by Crippen LogP contribution is -2.18. The zero-order valence-corrected chi connectivity index (χ0v) is 10.4. The molecule has 0 saturated carbocycles. The summed E-state index contributed by atoms with van der Waals surface area (Å²) in [6.07, 6.45) is 3.39. The van der Waals surface area contributed by atoms with Crippen molar-refractivity contribution in [2.75, 3.05) is 4.61 Å². The molecule has 0 bridgehead atoms. The molecule has 0 spiro atoms. The molecule has 0 N–H and O–H groups in total. The van der Waals surface area contributed by atoms with Gasteiger partial charge >= 0.3 is 6.16 Å². The fourth-order valence-corrected chi connectivity index (χ4v) is 1.38. The molecule has 3 nitrogen and oxygen atoms in total. The Labute approximate surface area is 93.3 Å². The molecule has 0 aromatic heterocycles. The third kappa shape index (κ3) is 7.10. The monoisotopic (exact) mass is 300 g/mol. The van der Waals surface area contributed by atoms with Gasteiger partial charge in [-0.25, -0.2) is 4.79 Å². The van der Waals surface area contributed by atoms with Crippen molar-refractivity contribution in [2.45, 2.75) is 45.6 Å². The van der Waals surface area contributed by atoms with E-state index < -0.39 is 6.16 Å². The van der Waals surface area contributed by atoms with Crippen LogP contribution in [0, 0.1) is 0 Å². The highest BCUT2D eigenvalue weighted by Crippen LogP contribution is 2.10. The van der Waals surface area contributed by atoms with E-state index in [9.17, 15) is 4.79 Å². The summed E-state index contributed by atoms with van der Waals surface area (Å²) in [6, 6.07) is 0. The van der Waals surface area contributed by atoms with Crippen LogP contribution in [0.15, 0.2) is 0 Å². The molecule has 0 saturated heterocycles. The SMILES string of the molecule is CCCC(CCC)OC(=O)OCI. The van der Waals surface area contributed by atoms with Gasteiger partial charge in [-0.3, -0.25) is 0 Å². The van der Waals surface area contributed by atoms with Crippen LogP contribution in [0.5, 0.6) is 0 Å². The molecule has 0 aromatic rings. The van der Waals surface area contributed by atoms with E-state index in [0.29, 0.717) is 4.61 Å². The van der Waals surface area contributed by atoms with Crippen molar-refractivity contribution >= 4 is 28.7 Å². The first-order valence-corrected chi connectivity index (χ1v) is 6.16. The fraction of sp³-hybridized carbons (Fsp3) is 0.889. The minimum Gasteiger partial charge on any atom is -0.431 e. The number of alkyl halides is 1. The first kappa shape index (κ1) is 13.0. The number of ether oxygens (including phenoxy) is 2. The molecular formula is C9H17IO3. The lowest BCUT2D eigenvalue weighted by atomic mass is 10.1. The Hall–Kier alpha value is 0. The Kier molecular flexibility index (Phi) is 8.59. The molecule has 0 heterocycles. The second-order valence-electron chi connectivity index (χ2n) is 2.82. The summed E-state index contributed by atoms with van der Waals surface area (Å²) in [5.74, 6) is 0. The van der Waals surface area contributed by atoms with E-state index in [4.69, 9.17) is 9.47 Å². The quantitative estimate of drug-likeness (QED) is 0.428. The van der Waals surface area contributed by atoms with Gasteiger partial charge in [-0.1, -0.05) is 26.7 Å². The van der Waals surface area contributed by atoms with Crippen molar-refractivity contribution < 1.29 is 14.3 Å². The third-order valence-corrected chi connectivity index (χ3v) is 1.97. The maximum absolute atomic E-state index is 11.0. The van der Waals surface area contributed by atoms with Gasteiger partial charge in [-0.05, 0) is 35.4 Å². The highest BCUT2D eigenvalue weighted by atomic mass is 127. The van der Waals surface area contributed by atoms with Crippen LogP contribution in [0.25, 0.3) is 0 Å². The van der Waals surface area contributed by atoms with E-state index in [1.807, 2.05) is 22.6 Å². The van der Waals surface area contributed by atoms with Gasteiger partial charge in [0.1, 0.15) is 10.7 Å². The van der Waals surface area contributed by atoms with Crippen molar-refractivity contribution in [3.8, 4) is 0 Å². The maximum Gasteiger partial charge on any atom is 0.509 e. The van der Waals surface area contributed by atoms with Gasteiger partial charge in [-0.15, -0.1) is 0 Å². The molecule has 0 rings (SSSR count). The van der Waals surface area contributed by atoms with E-state index in [2.05, 4.69) is 13.8 Å². The number of rotatable bonds is 6. The van der Waals surface area contributed by atoms with Crippen molar-refractivity contribution in [1.82, 2.24) is 0 Å². The molecule has 0 fully saturated rings. The molecule has 0 aromatic carbocycles. The lowest BCUT2D eigenvalue weighted by Gasteiger charge is -2.15. The van der Waals surface area contributed by atoms with Gasteiger partial charge in [0.15, 0.2) is 0 Å². The summed E-state index contributed by atoms with van der Waals surface area (Å²) in [7, 11) is 0. The molecule has 78 valence electrons. The molecule has 0 unspecified atom stereocenters. The number of carbonyl (C=O) groups excluding carboxylic acids is 1. The molecule has 0 atom stereocenters. The largest absolute Gasteiger partial charge is 0.509 e. The Morgan fingerprint density at radius 3 is 2.23 bits per heavy atom. The highest BCUT2D eigenvalue weighted by Gasteiger charge is 2.12. The summed E-state index contributed by atoms with van der Waals surface area (Å²) < 4.78 is 10.1. The van der Waals surface area contributed by atoms with Crippen LogP contribution in [0.3, 0.4) is 0 Å². The van der Waals surface area contributed by atoms with Crippen LogP contribution in [0.4, 0.5) is 4.79 Å². The van der Waals surface area contributed by atoms with Gasteiger partial charge in [0.05, 0.1) is 0 Å². The van der Waals surface area contributed by atoms with Crippen LogP contribution < -0.4 is 0 Å². The summed E-state index contributed by atoms with van der Waals surface area (Å²) in [5, 5.41) is 0. The number of hydrogen-bond donors (Lipinski definition) is 0. The molecule has 0 radical (unpaired) electrons.